The van der Waals surface area contributed by atoms with Gasteiger partial charge in [-0.05, 0) is 74.3 Å². The number of alkyl halides is 3. The molecule has 0 bridgehead atoms. The Kier molecular flexibility index (Phi) is 11.7. The Morgan fingerprint density at radius 3 is 2.44 bits per heavy atom. The third-order valence-electron chi connectivity index (χ3n) is 7.55. The lowest BCUT2D eigenvalue weighted by Crippen LogP contribution is -2.33. The van der Waals surface area contributed by atoms with E-state index in [1.807, 2.05) is 35.0 Å². The molecule has 2 aromatic carbocycles. The van der Waals surface area contributed by atoms with E-state index >= 15 is 0 Å². The van der Waals surface area contributed by atoms with Crippen molar-refractivity contribution in [2.45, 2.75) is 57.3 Å². The maximum absolute atomic E-state index is 12.9. The van der Waals surface area contributed by atoms with Crippen LogP contribution in [0.25, 0.3) is 10.9 Å². The van der Waals surface area contributed by atoms with Crippen LogP contribution in [0.2, 0.25) is 0 Å². The Labute approximate surface area is 269 Å². The Balaban J connectivity index is 0.00000461. The average Bonchev–Trinajstić information content (AvgIpc) is 3.50. The first-order valence-corrected chi connectivity index (χ1v) is 16.6. The first kappa shape index (κ1) is 34.4. The highest BCUT2D eigenvalue weighted by Gasteiger charge is 2.34. The fourth-order valence-corrected chi connectivity index (χ4v) is 6.83. The molecule has 0 aliphatic heterocycles. The lowest BCUT2D eigenvalue weighted by molar-refractivity contribution is -0.275. The summed E-state index contributed by atoms with van der Waals surface area (Å²) in [5.41, 5.74) is 0.840. The van der Waals surface area contributed by atoms with Gasteiger partial charge in [-0.2, -0.15) is 4.98 Å². The van der Waals surface area contributed by atoms with Crippen LogP contribution >= 0.6 is 15.9 Å². The maximum Gasteiger partial charge on any atom is 0.573 e. The average molecular weight is 713 g/mol. The molecule has 1 aliphatic rings. The standard InChI is InChI=1S/C29H33BrF3N7O3S.CH4/c30-22-10-11-26(25(16-22)43-29(31,32)33)44(41,42)37-18-21-8-6-20(7-9-21)17-36-28-38-24-5-2-1-4-23(24)27(39-28)35-12-3-14-40-15-13-34-19-40;/h1-2,4-5,10-11,13,15-16,19-21,37H,3,6-9,12,14,17-18H2,(H2,35,36,38,39);1H4. The van der Waals surface area contributed by atoms with Gasteiger partial charge >= 0.3 is 6.36 Å². The minimum absolute atomic E-state index is 0. The third-order valence-corrected chi connectivity index (χ3v) is 9.50. The number of imidazole rings is 1. The van der Waals surface area contributed by atoms with Crippen LogP contribution in [0.3, 0.4) is 0 Å². The van der Waals surface area contributed by atoms with Crippen LogP contribution in [0.5, 0.6) is 5.75 Å². The van der Waals surface area contributed by atoms with Crippen LogP contribution in [-0.4, -0.2) is 53.9 Å². The predicted octanol–water partition coefficient (Wildman–Crippen LogP) is 6.82. The molecular formula is C30H37BrF3N7O3S. The number of nitrogens with one attached hydrogen (secondary N) is 3. The van der Waals surface area contributed by atoms with E-state index < -0.39 is 27.0 Å². The molecule has 2 aromatic heterocycles. The van der Waals surface area contributed by atoms with Crippen molar-refractivity contribution in [3.63, 3.8) is 0 Å². The maximum atomic E-state index is 12.9. The SMILES string of the molecule is C.O=S(=O)(NCC1CCC(CNc2nc(NCCCn3ccnc3)c3ccccc3n2)CC1)c1ccc(Br)cc1OC(F)(F)F. The minimum atomic E-state index is -5.02. The second-order valence-electron chi connectivity index (χ2n) is 10.8. The number of fused-ring (bicyclic) bond motifs is 1. The van der Waals surface area contributed by atoms with Gasteiger partial charge in [0.25, 0.3) is 0 Å². The number of nitrogens with zero attached hydrogens (tertiary/aromatic N) is 4. The molecule has 0 atom stereocenters. The fourth-order valence-electron chi connectivity index (χ4n) is 5.27. The summed E-state index contributed by atoms with van der Waals surface area (Å²) in [5, 5.41) is 7.78. The van der Waals surface area contributed by atoms with Gasteiger partial charge in [0, 0.05) is 48.4 Å². The Bertz CT molecular complexity index is 1650. The van der Waals surface area contributed by atoms with Crippen molar-refractivity contribution >= 4 is 48.6 Å². The number of ether oxygens (including phenoxy) is 1. The number of rotatable bonds is 13. The zero-order valence-corrected chi connectivity index (χ0v) is 26.1. The number of halogens is 4. The topological polar surface area (TPSA) is 123 Å². The third kappa shape index (κ3) is 9.78. The summed E-state index contributed by atoms with van der Waals surface area (Å²) in [6.45, 7) is 2.40. The molecular weight excluding hydrogens is 675 g/mol. The second kappa shape index (κ2) is 15.2. The number of hydrogen-bond donors (Lipinski definition) is 3. The Hall–Kier alpha value is -3.43. The van der Waals surface area contributed by atoms with E-state index in [2.05, 4.69) is 46.0 Å². The number of sulfonamides is 1. The van der Waals surface area contributed by atoms with E-state index in [1.54, 1.807) is 12.5 Å². The summed E-state index contributed by atoms with van der Waals surface area (Å²) in [5.74, 6) is 0.954. The highest BCUT2D eigenvalue weighted by molar-refractivity contribution is 9.10. The predicted molar refractivity (Wildman–Crippen MR) is 172 cm³/mol. The van der Waals surface area contributed by atoms with E-state index in [0.29, 0.717) is 18.4 Å². The Morgan fingerprint density at radius 2 is 1.73 bits per heavy atom. The monoisotopic (exact) mass is 711 g/mol. The lowest BCUT2D eigenvalue weighted by atomic mass is 9.82. The summed E-state index contributed by atoms with van der Waals surface area (Å²) < 4.78 is 73.0. The van der Waals surface area contributed by atoms with Gasteiger partial charge in [-0.1, -0.05) is 35.5 Å². The van der Waals surface area contributed by atoms with Crippen LogP contribution in [0.1, 0.15) is 39.5 Å². The van der Waals surface area contributed by atoms with Gasteiger partial charge in [0.15, 0.2) is 5.75 Å². The number of benzene rings is 2. The molecule has 3 N–H and O–H groups in total. The molecule has 4 aromatic rings. The number of anilines is 2. The molecule has 0 spiro atoms. The molecule has 5 rings (SSSR count). The summed E-state index contributed by atoms with van der Waals surface area (Å²) in [7, 11) is -4.22. The van der Waals surface area contributed by atoms with E-state index in [-0.39, 0.29) is 24.4 Å². The zero-order chi connectivity index (χ0) is 31.2. The highest BCUT2D eigenvalue weighted by atomic mass is 79.9. The normalized spacial score (nSPS) is 17.1. The van der Waals surface area contributed by atoms with Gasteiger partial charge in [-0.15, -0.1) is 13.2 Å². The summed E-state index contributed by atoms with van der Waals surface area (Å²) in [6.07, 6.45) is 4.68. The number of para-hydroxylation sites is 1. The minimum Gasteiger partial charge on any atom is -0.404 e. The smallest absolute Gasteiger partial charge is 0.404 e. The first-order chi connectivity index (χ1) is 21.1. The van der Waals surface area contributed by atoms with Crippen molar-refractivity contribution in [2.24, 2.45) is 11.8 Å². The fraction of sp³-hybridized carbons (Fsp3) is 0.433. The van der Waals surface area contributed by atoms with E-state index in [0.717, 1.165) is 74.0 Å². The number of hydrogen-bond acceptors (Lipinski definition) is 8. The Morgan fingerprint density at radius 1 is 1.00 bits per heavy atom. The van der Waals surface area contributed by atoms with E-state index in [1.165, 1.54) is 6.07 Å². The van der Waals surface area contributed by atoms with Crippen LogP contribution < -0.4 is 20.1 Å². The highest BCUT2D eigenvalue weighted by Crippen LogP contribution is 2.33. The van der Waals surface area contributed by atoms with Crippen molar-refractivity contribution in [2.75, 3.05) is 30.3 Å². The van der Waals surface area contributed by atoms with Crippen LogP contribution in [0.15, 0.2) is 70.6 Å². The summed E-state index contributed by atoms with van der Waals surface area (Å²) in [4.78, 5) is 12.9. The van der Waals surface area contributed by atoms with Gasteiger partial charge in [-0.25, -0.2) is 23.1 Å². The quantitative estimate of drug-likeness (QED) is 0.129. The van der Waals surface area contributed by atoms with Crippen molar-refractivity contribution < 1.29 is 26.3 Å². The molecule has 45 heavy (non-hydrogen) atoms. The van der Waals surface area contributed by atoms with Crippen LogP contribution in [0.4, 0.5) is 24.9 Å². The lowest BCUT2D eigenvalue weighted by Gasteiger charge is -2.29. The molecule has 15 heteroatoms. The largest absolute Gasteiger partial charge is 0.573 e. The van der Waals surface area contributed by atoms with Crippen LogP contribution in [0, 0.1) is 11.8 Å². The molecule has 10 nitrogen and oxygen atoms in total. The molecule has 1 fully saturated rings. The summed E-state index contributed by atoms with van der Waals surface area (Å²) in [6, 6.07) is 11.3. The molecule has 2 heterocycles. The van der Waals surface area contributed by atoms with Crippen molar-refractivity contribution in [3.05, 3.63) is 65.7 Å². The van der Waals surface area contributed by atoms with Crippen molar-refractivity contribution in [1.82, 2.24) is 24.2 Å². The second-order valence-corrected chi connectivity index (χ2v) is 13.4. The van der Waals surface area contributed by atoms with E-state index in [9.17, 15) is 21.6 Å². The molecule has 244 valence electrons. The molecule has 1 saturated carbocycles. The van der Waals surface area contributed by atoms with Crippen molar-refractivity contribution in [3.8, 4) is 5.75 Å². The summed E-state index contributed by atoms with van der Waals surface area (Å²) >= 11 is 3.06. The van der Waals surface area contributed by atoms with Crippen molar-refractivity contribution in [1.29, 1.82) is 0 Å². The molecule has 0 unspecified atom stereocenters. The van der Waals surface area contributed by atoms with Gasteiger partial charge in [0.1, 0.15) is 10.7 Å². The van der Waals surface area contributed by atoms with Gasteiger partial charge in [0.2, 0.25) is 16.0 Å². The molecule has 0 amide bonds. The number of aryl methyl sites for hydroxylation is 1. The number of aromatic nitrogens is 4. The van der Waals surface area contributed by atoms with Gasteiger partial charge < -0.3 is 19.9 Å². The van der Waals surface area contributed by atoms with Crippen LogP contribution in [-0.2, 0) is 16.6 Å². The van der Waals surface area contributed by atoms with E-state index in [4.69, 9.17) is 4.98 Å². The van der Waals surface area contributed by atoms with Gasteiger partial charge in [-0.3, -0.25) is 0 Å². The zero-order valence-electron chi connectivity index (χ0n) is 23.7. The molecule has 1 aliphatic carbocycles. The first-order valence-electron chi connectivity index (χ1n) is 14.3. The molecule has 0 saturated heterocycles. The molecule has 0 radical (unpaired) electrons. The van der Waals surface area contributed by atoms with Gasteiger partial charge in [0.05, 0.1) is 11.8 Å².